The predicted molar refractivity (Wildman–Crippen MR) is 91.2 cm³/mol. The van der Waals surface area contributed by atoms with Gasteiger partial charge in [0, 0.05) is 6.26 Å². The van der Waals surface area contributed by atoms with Crippen molar-refractivity contribution in [3.8, 4) is 0 Å². The molecule has 1 aromatic carbocycles. The molecule has 0 spiro atoms. The maximum atomic E-state index is 11.7. The average Bonchev–Trinajstić information content (AvgIpc) is 2.48. The number of ketones is 1. The Hall–Kier alpha value is -1.95. The minimum Gasteiger partial charge on any atom is -0.457 e. The van der Waals surface area contributed by atoms with Crippen molar-refractivity contribution in [2.75, 3.05) is 6.26 Å². The van der Waals surface area contributed by atoms with Gasteiger partial charge in [-0.1, -0.05) is 18.2 Å². The molecule has 0 bridgehead atoms. The van der Waals surface area contributed by atoms with E-state index in [0.717, 1.165) is 36.8 Å². The van der Waals surface area contributed by atoms with Crippen LogP contribution in [0.15, 0.2) is 34.7 Å². The summed E-state index contributed by atoms with van der Waals surface area (Å²) in [5.41, 5.74) is 1.87. The summed E-state index contributed by atoms with van der Waals surface area (Å²) in [4.78, 5) is 23.0. The Morgan fingerprint density at radius 3 is 2.46 bits per heavy atom. The van der Waals surface area contributed by atoms with Gasteiger partial charge in [-0.2, -0.15) is 0 Å². The second-order valence-electron chi connectivity index (χ2n) is 6.16. The number of sulfone groups is 1. The van der Waals surface area contributed by atoms with Gasteiger partial charge in [-0.05, 0) is 55.9 Å². The second kappa shape index (κ2) is 7.75. The largest absolute Gasteiger partial charge is 0.457 e. The summed E-state index contributed by atoms with van der Waals surface area (Å²) in [5.74, 6) is -0.703. The van der Waals surface area contributed by atoms with Gasteiger partial charge in [0.1, 0.15) is 18.3 Å². The van der Waals surface area contributed by atoms with E-state index in [2.05, 4.69) is 0 Å². The van der Waals surface area contributed by atoms with Gasteiger partial charge in [0.05, 0.1) is 4.90 Å². The van der Waals surface area contributed by atoms with E-state index in [-0.39, 0.29) is 23.2 Å². The third-order valence-electron chi connectivity index (χ3n) is 3.92. The predicted octanol–water partition coefficient (Wildman–Crippen LogP) is 2.94. The zero-order chi connectivity index (χ0) is 17.7. The molecule has 0 amide bonds. The molecule has 130 valence electrons. The molecule has 0 aliphatic heterocycles. The van der Waals surface area contributed by atoms with Crippen molar-refractivity contribution in [1.29, 1.82) is 0 Å². The first-order chi connectivity index (χ1) is 11.3. The lowest BCUT2D eigenvalue weighted by molar-refractivity contribution is -0.149. The lowest BCUT2D eigenvalue weighted by atomic mass is 9.90. The summed E-state index contributed by atoms with van der Waals surface area (Å²) in [6.07, 6.45) is 6.18. The summed E-state index contributed by atoms with van der Waals surface area (Å²) in [5, 5.41) is 0. The van der Waals surface area contributed by atoms with E-state index in [1.165, 1.54) is 13.2 Å². The molecular formula is C18H22O5S. The van der Waals surface area contributed by atoms with Crippen LogP contribution in [0.2, 0.25) is 0 Å². The number of esters is 1. The summed E-state index contributed by atoms with van der Waals surface area (Å²) in [7, 11) is -3.21. The van der Waals surface area contributed by atoms with Crippen LogP contribution >= 0.6 is 0 Å². The van der Waals surface area contributed by atoms with Gasteiger partial charge in [0.15, 0.2) is 9.84 Å². The zero-order valence-corrected chi connectivity index (χ0v) is 14.8. The zero-order valence-electron chi connectivity index (χ0n) is 13.9. The number of rotatable bonds is 5. The van der Waals surface area contributed by atoms with Crippen LogP contribution < -0.4 is 0 Å². The normalized spacial score (nSPS) is 19.9. The van der Waals surface area contributed by atoms with E-state index < -0.39 is 15.8 Å². The van der Waals surface area contributed by atoms with E-state index in [1.54, 1.807) is 24.3 Å². The van der Waals surface area contributed by atoms with Crippen molar-refractivity contribution in [3.63, 3.8) is 0 Å². The van der Waals surface area contributed by atoms with Crippen LogP contribution in [0.5, 0.6) is 0 Å². The monoisotopic (exact) mass is 350 g/mol. The minimum atomic E-state index is -3.21. The fourth-order valence-corrected chi connectivity index (χ4v) is 3.36. The molecule has 1 aliphatic carbocycles. The molecule has 1 aliphatic rings. The van der Waals surface area contributed by atoms with Crippen molar-refractivity contribution in [2.45, 2.75) is 50.0 Å². The van der Waals surface area contributed by atoms with Crippen LogP contribution in [0.4, 0.5) is 0 Å². The summed E-state index contributed by atoms with van der Waals surface area (Å²) in [6, 6.07) is 6.63. The topological polar surface area (TPSA) is 77.5 Å². The fraction of sp³-hybridized carbons (Fsp3) is 0.444. The molecule has 0 heterocycles. The smallest absolute Gasteiger partial charge is 0.313 e. The highest BCUT2D eigenvalue weighted by Crippen LogP contribution is 2.28. The van der Waals surface area contributed by atoms with E-state index in [1.807, 2.05) is 6.08 Å². The Kier molecular flexibility index (Phi) is 5.94. The highest BCUT2D eigenvalue weighted by molar-refractivity contribution is 7.90. The molecule has 0 saturated heterocycles. The molecule has 6 heteroatoms. The molecule has 1 fully saturated rings. The SMILES string of the molecule is CC(=O)CC(=O)OC1CCCC/C1=C\c1ccc(S(C)(=O)=O)cc1. The molecule has 0 N–H and O–H groups in total. The summed E-state index contributed by atoms with van der Waals surface area (Å²) < 4.78 is 28.4. The maximum Gasteiger partial charge on any atom is 0.313 e. The van der Waals surface area contributed by atoms with Crippen LogP contribution in [-0.2, 0) is 24.2 Å². The second-order valence-corrected chi connectivity index (χ2v) is 8.18. The molecule has 1 aromatic rings. The van der Waals surface area contributed by atoms with Gasteiger partial charge in [-0.3, -0.25) is 9.59 Å². The third kappa shape index (κ3) is 5.30. The Balaban J connectivity index is 2.15. The van der Waals surface area contributed by atoms with Crippen molar-refractivity contribution in [2.24, 2.45) is 0 Å². The summed E-state index contributed by atoms with van der Waals surface area (Å²) in [6.45, 7) is 1.36. The number of hydrogen-bond donors (Lipinski definition) is 0. The molecule has 1 unspecified atom stereocenters. The van der Waals surface area contributed by atoms with Crippen LogP contribution in [0, 0.1) is 0 Å². The number of carbonyl (C=O) groups is 2. The first-order valence-electron chi connectivity index (χ1n) is 7.95. The Labute approximate surface area is 142 Å². The molecule has 5 nitrogen and oxygen atoms in total. The van der Waals surface area contributed by atoms with Crippen molar-refractivity contribution in [3.05, 3.63) is 35.4 Å². The number of hydrogen-bond acceptors (Lipinski definition) is 5. The molecule has 2 rings (SSSR count). The number of ether oxygens (including phenoxy) is 1. The number of benzene rings is 1. The van der Waals surface area contributed by atoms with Gasteiger partial charge in [0.25, 0.3) is 0 Å². The molecule has 0 aromatic heterocycles. The number of Topliss-reactive ketones (excluding diaryl/α,β-unsaturated/α-hetero) is 1. The van der Waals surface area contributed by atoms with E-state index in [4.69, 9.17) is 4.74 Å². The van der Waals surface area contributed by atoms with E-state index in [0.29, 0.717) is 0 Å². The van der Waals surface area contributed by atoms with Crippen LogP contribution in [0.25, 0.3) is 6.08 Å². The molecular weight excluding hydrogens is 328 g/mol. The maximum absolute atomic E-state index is 11.7. The van der Waals surface area contributed by atoms with Crippen LogP contribution in [0.3, 0.4) is 0 Å². The first-order valence-corrected chi connectivity index (χ1v) is 9.84. The van der Waals surface area contributed by atoms with Gasteiger partial charge in [-0.25, -0.2) is 8.42 Å². The van der Waals surface area contributed by atoms with Gasteiger partial charge < -0.3 is 4.74 Å². The molecule has 0 radical (unpaired) electrons. The highest BCUT2D eigenvalue weighted by Gasteiger charge is 2.23. The summed E-state index contributed by atoms with van der Waals surface area (Å²) >= 11 is 0. The van der Waals surface area contributed by atoms with Crippen molar-refractivity contribution in [1.82, 2.24) is 0 Å². The fourth-order valence-electron chi connectivity index (χ4n) is 2.73. The highest BCUT2D eigenvalue weighted by atomic mass is 32.2. The van der Waals surface area contributed by atoms with Crippen LogP contribution in [-0.4, -0.2) is 32.5 Å². The van der Waals surface area contributed by atoms with Crippen molar-refractivity contribution < 1.29 is 22.7 Å². The average molecular weight is 350 g/mol. The third-order valence-corrected chi connectivity index (χ3v) is 5.05. The quantitative estimate of drug-likeness (QED) is 0.603. The van der Waals surface area contributed by atoms with Gasteiger partial charge in [0.2, 0.25) is 0 Å². The minimum absolute atomic E-state index is 0.202. The molecule has 1 atom stereocenters. The van der Waals surface area contributed by atoms with Gasteiger partial charge in [-0.15, -0.1) is 0 Å². The molecule has 24 heavy (non-hydrogen) atoms. The first kappa shape index (κ1) is 18.4. The molecule has 1 saturated carbocycles. The lowest BCUT2D eigenvalue weighted by Crippen LogP contribution is -2.24. The lowest BCUT2D eigenvalue weighted by Gasteiger charge is -2.25. The van der Waals surface area contributed by atoms with E-state index in [9.17, 15) is 18.0 Å². The van der Waals surface area contributed by atoms with Crippen LogP contribution in [0.1, 0.15) is 44.6 Å². The van der Waals surface area contributed by atoms with Crippen molar-refractivity contribution >= 4 is 27.7 Å². The Morgan fingerprint density at radius 1 is 1.21 bits per heavy atom. The Bertz CT molecular complexity index is 744. The van der Waals surface area contributed by atoms with Gasteiger partial charge >= 0.3 is 5.97 Å². The number of carbonyl (C=O) groups excluding carboxylic acids is 2. The standard InChI is InChI=1S/C18H22O5S/c1-13(19)11-18(20)23-17-6-4-3-5-15(17)12-14-7-9-16(10-8-14)24(2,21)22/h7-10,12,17H,3-6,11H2,1-2H3/b15-12+. The Morgan fingerprint density at radius 2 is 1.88 bits per heavy atom. The van der Waals surface area contributed by atoms with E-state index >= 15 is 0 Å².